The molecule has 0 aliphatic heterocycles. The van der Waals surface area contributed by atoms with Crippen LogP contribution in [0, 0.1) is 0 Å². The summed E-state index contributed by atoms with van der Waals surface area (Å²) in [6, 6.07) is 0. The second kappa shape index (κ2) is 16.2. The van der Waals surface area contributed by atoms with E-state index in [9.17, 15) is 4.79 Å². The van der Waals surface area contributed by atoms with Gasteiger partial charge in [0.15, 0.2) is 0 Å². The smallest absolute Gasteiger partial charge is 0.321 e. The molecule has 1 unspecified atom stereocenters. The number of hydrogen-bond donors (Lipinski definition) is 0. The predicted molar refractivity (Wildman–Crippen MR) is 82.9 cm³/mol. The molecule has 0 N–H and O–H groups in total. The fourth-order valence-corrected chi connectivity index (χ4v) is 1.66. The minimum Gasteiger partial charge on any atom is -0.468 e. The van der Waals surface area contributed by atoms with Crippen molar-refractivity contribution in [2.24, 2.45) is 0 Å². The Kier molecular flexibility index (Phi) is 16.0. The first kappa shape index (κ1) is 20.8. The van der Waals surface area contributed by atoms with Crippen molar-refractivity contribution in [3.8, 4) is 0 Å². The largest absolute Gasteiger partial charge is 0.468 e. The molecule has 1 atom stereocenters. The van der Waals surface area contributed by atoms with Crippen molar-refractivity contribution in [2.45, 2.75) is 24.6 Å². The molecule has 0 spiro atoms. The Hall–Kier alpha value is -0.210. The summed E-state index contributed by atoms with van der Waals surface area (Å²) in [5.41, 5.74) is 0. The zero-order valence-electron chi connectivity index (χ0n) is 13.0. The molecule has 0 saturated carbocycles. The van der Waals surface area contributed by atoms with Gasteiger partial charge in [-0.15, -0.1) is 0 Å². The van der Waals surface area contributed by atoms with Crippen LogP contribution < -0.4 is 0 Å². The van der Waals surface area contributed by atoms with Gasteiger partial charge in [-0.3, -0.25) is 4.79 Å². The second-order valence-corrected chi connectivity index (χ2v) is 5.36. The van der Waals surface area contributed by atoms with Gasteiger partial charge in [-0.25, -0.2) is 0 Å². The molecule has 0 aliphatic carbocycles. The monoisotopic (exact) mass is 370 g/mol. The number of halogens is 1. The number of unbranched alkanes of at least 4 members (excludes halogenated alkanes) is 1. The molecule has 21 heavy (non-hydrogen) atoms. The van der Waals surface area contributed by atoms with Gasteiger partial charge < -0.3 is 23.7 Å². The Morgan fingerprint density at radius 2 is 1.38 bits per heavy atom. The zero-order valence-corrected chi connectivity index (χ0v) is 14.6. The molecule has 0 aromatic rings. The lowest BCUT2D eigenvalue weighted by Gasteiger charge is -2.09. The van der Waals surface area contributed by atoms with Crippen molar-refractivity contribution in [1.29, 1.82) is 0 Å². The minimum atomic E-state index is -0.432. The highest BCUT2D eigenvalue weighted by molar-refractivity contribution is 9.10. The van der Waals surface area contributed by atoms with Gasteiger partial charge in [0.2, 0.25) is 0 Å². The van der Waals surface area contributed by atoms with E-state index in [2.05, 4.69) is 27.6 Å². The lowest BCUT2D eigenvalue weighted by molar-refractivity contribution is -0.141. The Morgan fingerprint density at radius 3 is 1.86 bits per heavy atom. The van der Waals surface area contributed by atoms with Crippen molar-refractivity contribution in [1.82, 2.24) is 0 Å². The van der Waals surface area contributed by atoms with Crippen molar-refractivity contribution in [3.63, 3.8) is 0 Å². The van der Waals surface area contributed by atoms with E-state index in [-0.39, 0.29) is 12.6 Å². The van der Waals surface area contributed by atoms with Crippen molar-refractivity contribution in [3.05, 3.63) is 0 Å². The Balaban J connectivity index is 3.11. The standard InChI is InChI=1S/C14H27BrO6/c1-3-4-5-18-6-7-19-8-9-20-10-11-21-12-13(15)14(16)17-2/h13H,3-12H2,1-2H3. The van der Waals surface area contributed by atoms with Crippen LogP contribution in [-0.4, -0.2) is 70.8 Å². The van der Waals surface area contributed by atoms with Crippen molar-refractivity contribution < 1.29 is 28.5 Å². The third-order valence-corrected chi connectivity index (χ3v) is 3.12. The Morgan fingerprint density at radius 1 is 0.905 bits per heavy atom. The van der Waals surface area contributed by atoms with E-state index < -0.39 is 4.83 Å². The van der Waals surface area contributed by atoms with Gasteiger partial charge in [0.1, 0.15) is 4.83 Å². The summed E-state index contributed by atoms with van der Waals surface area (Å²) in [5.74, 6) is -0.342. The van der Waals surface area contributed by atoms with Crippen LogP contribution in [0.15, 0.2) is 0 Å². The average Bonchev–Trinajstić information content (AvgIpc) is 2.50. The van der Waals surface area contributed by atoms with Gasteiger partial charge in [-0.05, 0) is 6.42 Å². The molecule has 0 saturated heterocycles. The van der Waals surface area contributed by atoms with E-state index >= 15 is 0 Å². The molecule has 0 rings (SSSR count). The van der Waals surface area contributed by atoms with E-state index in [1.807, 2.05) is 0 Å². The molecular formula is C14H27BrO6. The fourth-order valence-electron chi connectivity index (χ4n) is 1.29. The average molecular weight is 371 g/mol. The number of ether oxygens (including phenoxy) is 5. The number of methoxy groups -OCH3 is 1. The number of rotatable bonds is 15. The first-order chi connectivity index (χ1) is 10.2. The van der Waals surface area contributed by atoms with E-state index in [4.69, 9.17) is 18.9 Å². The third kappa shape index (κ3) is 14.5. The number of hydrogen-bond acceptors (Lipinski definition) is 6. The third-order valence-electron chi connectivity index (χ3n) is 2.48. The van der Waals surface area contributed by atoms with Crippen molar-refractivity contribution in [2.75, 3.05) is 60.0 Å². The van der Waals surface area contributed by atoms with Gasteiger partial charge >= 0.3 is 5.97 Å². The molecule has 0 aliphatic rings. The maximum Gasteiger partial charge on any atom is 0.321 e. The van der Waals surface area contributed by atoms with Crippen LogP contribution >= 0.6 is 15.9 Å². The van der Waals surface area contributed by atoms with Crippen LogP contribution in [0.2, 0.25) is 0 Å². The van der Waals surface area contributed by atoms with Gasteiger partial charge in [0.05, 0.1) is 53.4 Å². The van der Waals surface area contributed by atoms with Crippen molar-refractivity contribution >= 4 is 21.9 Å². The molecule has 0 aromatic carbocycles. The number of esters is 1. The molecule has 0 radical (unpaired) electrons. The van der Waals surface area contributed by atoms with Crippen LogP contribution in [0.25, 0.3) is 0 Å². The normalized spacial score (nSPS) is 12.3. The maximum absolute atomic E-state index is 11.1. The topological polar surface area (TPSA) is 63.2 Å². The van der Waals surface area contributed by atoms with Crippen LogP contribution in [-0.2, 0) is 28.5 Å². The molecule has 0 aromatic heterocycles. The first-order valence-electron chi connectivity index (χ1n) is 7.25. The summed E-state index contributed by atoms with van der Waals surface area (Å²) >= 11 is 3.16. The highest BCUT2D eigenvalue weighted by Crippen LogP contribution is 2.02. The molecule has 7 heteroatoms. The van der Waals surface area contributed by atoms with Crippen LogP contribution in [0.4, 0.5) is 0 Å². The second-order valence-electron chi connectivity index (χ2n) is 4.26. The van der Waals surface area contributed by atoms with Gasteiger partial charge in [0.25, 0.3) is 0 Å². The van der Waals surface area contributed by atoms with E-state index in [1.165, 1.54) is 7.11 Å². The summed E-state index contributed by atoms with van der Waals surface area (Å²) in [6.45, 7) is 6.38. The molecule has 6 nitrogen and oxygen atoms in total. The predicted octanol–water partition coefficient (Wildman–Crippen LogP) is 1.79. The molecular weight excluding hydrogens is 344 g/mol. The maximum atomic E-state index is 11.1. The Labute approximate surface area is 135 Å². The molecule has 0 amide bonds. The zero-order chi connectivity index (χ0) is 15.8. The number of alkyl halides is 1. The van der Waals surface area contributed by atoms with E-state index in [1.54, 1.807) is 0 Å². The number of carbonyl (C=O) groups is 1. The summed E-state index contributed by atoms with van der Waals surface area (Å²) in [7, 11) is 1.34. The molecule has 0 heterocycles. The SMILES string of the molecule is CCCCOCCOCCOCCOCC(Br)C(=O)OC. The molecule has 126 valence electrons. The summed E-state index contributed by atoms with van der Waals surface area (Å²) in [4.78, 5) is 10.6. The van der Waals surface area contributed by atoms with Crippen LogP contribution in [0.3, 0.4) is 0 Å². The lowest BCUT2D eigenvalue weighted by Crippen LogP contribution is -2.22. The highest BCUT2D eigenvalue weighted by atomic mass is 79.9. The Bertz CT molecular complexity index is 240. The minimum absolute atomic E-state index is 0.266. The quantitative estimate of drug-likeness (QED) is 0.249. The van der Waals surface area contributed by atoms with Gasteiger partial charge in [0, 0.05) is 6.61 Å². The van der Waals surface area contributed by atoms with Gasteiger partial charge in [-0.1, -0.05) is 29.3 Å². The fraction of sp³-hybridized carbons (Fsp3) is 0.929. The summed E-state index contributed by atoms with van der Waals surface area (Å²) in [5, 5.41) is 0. The summed E-state index contributed by atoms with van der Waals surface area (Å²) < 4.78 is 25.8. The van der Waals surface area contributed by atoms with Crippen LogP contribution in [0.1, 0.15) is 19.8 Å². The first-order valence-corrected chi connectivity index (χ1v) is 8.16. The van der Waals surface area contributed by atoms with Gasteiger partial charge in [-0.2, -0.15) is 0 Å². The molecule has 0 bridgehead atoms. The summed E-state index contributed by atoms with van der Waals surface area (Å²) in [6.07, 6.45) is 2.24. The van der Waals surface area contributed by atoms with Crippen LogP contribution in [0.5, 0.6) is 0 Å². The molecule has 0 fully saturated rings. The van der Waals surface area contributed by atoms with E-state index in [0.717, 1.165) is 19.4 Å². The highest BCUT2D eigenvalue weighted by Gasteiger charge is 2.14. The number of carbonyl (C=O) groups excluding carboxylic acids is 1. The van der Waals surface area contributed by atoms with E-state index in [0.29, 0.717) is 39.6 Å². The lowest BCUT2D eigenvalue weighted by atomic mass is 10.4.